The molecule has 0 amide bonds. The quantitative estimate of drug-likeness (QED) is 0.631. The molecule has 22 heavy (non-hydrogen) atoms. The summed E-state index contributed by atoms with van der Waals surface area (Å²) in [6.45, 7) is 6.19. The predicted molar refractivity (Wildman–Crippen MR) is 90.9 cm³/mol. The maximum atomic E-state index is 11.0. The van der Waals surface area contributed by atoms with Crippen molar-refractivity contribution in [3.63, 3.8) is 0 Å². The molecule has 124 valence electrons. The monoisotopic (exact) mass is 327 g/mol. The minimum atomic E-state index is 0.0266. The molecule has 1 aromatic rings. The van der Waals surface area contributed by atoms with Gasteiger partial charge >= 0.3 is 0 Å². The van der Waals surface area contributed by atoms with E-state index in [2.05, 4.69) is 19.2 Å². The van der Waals surface area contributed by atoms with Crippen molar-refractivity contribution in [1.29, 1.82) is 0 Å². The van der Waals surface area contributed by atoms with Gasteiger partial charge in [-0.3, -0.25) is 4.79 Å². The van der Waals surface area contributed by atoms with Crippen molar-refractivity contribution in [3.8, 4) is 5.75 Å². The zero-order valence-corrected chi connectivity index (χ0v) is 14.3. The lowest BCUT2D eigenvalue weighted by Gasteiger charge is -2.11. The Labute approximate surface area is 136 Å². The topological polar surface area (TPSA) is 56.8 Å². The Bertz CT molecular complexity index is 423. The summed E-state index contributed by atoms with van der Waals surface area (Å²) in [4.78, 5) is 11.0. The van der Waals surface area contributed by atoms with Crippen LogP contribution < -0.4 is 10.1 Å². The predicted octanol–water partition coefficient (Wildman–Crippen LogP) is 2.81. The van der Waals surface area contributed by atoms with Crippen molar-refractivity contribution in [2.24, 2.45) is 0 Å². The Hall–Kier alpha value is -1.24. The highest BCUT2D eigenvalue weighted by Crippen LogP contribution is 2.16. The third-order valence-electron chi connectivity index (χ3n) is 2.63. The summed E-state index contributed by atoms with van der Waals surface area (Å²) in [5, 5.41) is 3.35. The molecule has 0 saturated heterocycles. The highest BCUT2D eigenvalue weighted by atomic mass is 32.2. The Morgan fingerprint density at radius 3 is 2.36 bits per heavy atom. The largest absolute Gasteiger partial charge is 0.491 e. The van der Waals surface area contributed by atoms with E-state index >= 15 is 0 Å². The van der Waals surface area contributed by atoms with Crippen LogP contribution in [0.15, 0.2) is 24.3 Å². The van der Waals surface area contributed by atoms with E-state index in [0.29, 0.717) is 32.5 Å². The Kier molecular flexibility index (Phi) is 9.70. The first-order valence-electron chi connectivity index (χ1n) is 7.33. The third kappa shape index (κ3) is 8.92. The lowest BCUT2D eigenvalue weighted by Crippen LogP contribution is -2.13. The van der Waals surface area contributed by atoms with Crippen LogP contribution >= 0.6 is 11.8 Å². The Balaban J connectivity index is 2.03. The second-order valence-electron chi connectivity index (χ2n) is 4.91. The number of carbonyl (C=O) groups excluding carboxylic acids is 1. The lowest BCUT2D eigenvalue weighted by atomic mass is 10.3. The van der Waals surface area contributed by atoms with Crippen molar-refractivity contribution in [1.82, 2.24) is 0 Å². The smallest absolute Gasteiger partial charge is 0.214 e. The summed E-state index contributed by atoms with van der Waals surface area (Å²) in [5.74, 6) is 0.819. The fraction of sp³-hybridized carbons (Fsp3) is 0.562. The van der Waals surface area contributed by atoms with E-state index in [0.717, 1.165) is 11.4 Å². The number of rotatable bonds is 11. The SMILES string of the molecule is CSC(=O)COCCOCCOc1ccc(NC(C)C)cc1. The van der Waals surface area contributed by atoms with Crippen LogP contribution in [0.1, 0.15) is 13.8 Å². The average molecular weight is 327 g/mol. The van der Waals surface area contributed by atoms with Gasteiger partial charge < -0.3 is 19.5 Å². The number of benzene rings is 1. The van der Waals surface area contributed by atoms with E-state index in [4.69, 9.17) is 14.2 Å². The standard InChI is InChI=1S/C16H25NO4S/c1-13(2)17-14-4-6-15(7-5-14)21-11-10-19-8-9-20-12-16(18)22-3/h4-7,13,17H,8-12H2,1-3H3. The van der Waals surface area contributed by atoms with Gasteiger partial charge in [-0.25, -0.2) is 0 Å². The molecular weight excluding hydrogens is 302 g/mol. The lowest BCUT2D eigenvalue weighted by molar-refractivity contribution is -0.115. The number of hydrogen-bond acceptors (Lipinski definition) is 6. The molecule has 0 atom stereocenters. The van der Waals surface area contributed by atoms with E-state index in [-0.39, 0.29) is 11.7 Å². The first-order valence-corrected chi connectivity index (χ1v) is 8.56. The van der Waals surface area contributed by atoms with Crippen molar-refractivity contribution < 1.29 is 19.0 Å². The van der Waals surface area contributed by atoms with E-state index < -0.39 is 0 Å². The van der Waals surface area contributed by atoms with Crippen LogP contribution in [0.3, 0.4) is 0 Å². The van der Waals surface area contributed by atoms with Crippen molar-refractivity contribution >= 4 is 22.6 Å². The number of hydrogen-bond donors (Lipinski definition) is 1. The van der Waals surface area contributed by atoms with Crippen LogP contribution in [0.25, 0.3) is 0 Å². The van der Waals surface area contributed by atoms with Gasteiger partial charge in [-0.2, -0.15) is 0 Å². The van der Waals surface area contributed by atoms with Gasteiger partial charge in [0, 0.05) is 11.7 Å². The van der Waals surface area contributed by atoms with Crippen LogP contribution in [0.4, 0.5) is 5.69 Å². The summed E-state index contributed by atoms with van der Waals surface area (Å²) in [5.41, 5.74) is 1.08. The number of ether oxygens (including phenoxy) is 3. The number of anilines is 1. The van der Waals surface area contributed by atoms with E-state index in [9.17, 15) is 4.79 Å². The summed E-state index contributed by atoms with van der Waals surface area (Å²) >= 11 is 1.17. The van der Waals surface area contributed by atoms with Crippen molar-refractivity contribution in [2.45, 2.75) is 19.9 Å². The normalized spacial score (nSPS) is 10.7. The molecule has 0 aliphatic carbocycles. The molecule has 1 rings (SSSR count). The first-order chi connectivity index (χ1) is 10.6. The van der Waals surface area contributed by atoms with Gasteiger partial charge in [-0.1, -0.05) is 11.8 Å². The van der Waals surface area contributed by atoms with Crippen LogP contribution in [-0.4, -0.2) is 50.4 Å². The number of thioether (sulfide) groups is 1. The molecule has 0 aliphatic heterocycles. The molecule has 5 nitrogen and oxygen atoms in total. The molecule has 6 heteroatoms. The second-order valence-corrected chi connectivity index (χ2v) is 5.78. The van der Waals surface area contributed by atoms with Gasteiger partial charge in [-0.15, -0.1) is 0 Å². The minimum absolute atomic E-state index is 0.0266. The van der Waals surface area contributed by atoms with Crippen molar-refractivity contribution in [2.75, 3.05) is 44.6 Å². The fourth-order valence-electron chi connectivity index (χ4n) is 1.63. The Morgan fingerprint density at radius 1 is 1.09 bits per heavy atom. The molecule has 0 spiro atoms. The molecule has 0 aliphatic rings. The summed E-state index contributed by atoms with van der Waals surface area (Å²) < 4.78 is 16.1. The maximum Gasteiger partial charge on any atom is 0.214 e. The fourth-order valence-corrected chi connectivity index (χ4v) is 1.83. The van der Waals surface area contributed by atoms with E-state index in [1.54, 1.807) is 6.26 Å². The molecule has 0 radical (unpaired) electrons. The molecule has 0 heterocycles. The van der Waals surface area contributed by atoms with Crippen LogP contribution in [-0.2, 0) is 14.3 Å². The molecule has 0 unspecified atom stereocenters. The molecule has 0 fully saturated rings. The molecular formula is C16H25NO4S. The van der Waals surface area contributed by atoms with Gasteiger partial charge in [-0.05, 0) is 44.4 Å². The van der Waals surface area contributed by atoms with Gasteiger partial charge in [0.1, 0.15) is 19.0 Å². The minimum Gasteiger partial charge on any atom is -0.491 e. The average Bonchev–Trinajstić information content (AvgIpc) is 2.50. The zero-order chi connectivity index (χ0) is 16.2. The highest BCUT2D eigenvalue weighted by Gasteiger charge is 1.99. The Morgan fingerprint density at radius 2 is 1.73 bits per heavy atom. The molecule has 0 saturated carbocycles. The van der Waals surface area contributed by atoms with E-state index in [1.807, 2.05) is 24.3 Å². The van der Waals surface area contributed by atoms with Gasteiger partial charge in [0.05, 0.1) is 19.8 Å². The number of carbonyl (C=O) groups is 1. The van der Waals surface area contributed by atoms with Gasteiger partial charge in [0.15, 0.2) is 0 Å². The van der Waals surface area contributed by atoms with Gasteiger partial charge in [0.2, 0.25) is 5.12 Å². The summed E-state index contributed by atoms with van der Waals surface area (Å²) in [6.07, 6.45) is 1.74. The second kappa shape index (κ2) is 11.3. The molecule has 1 N–H and O–H groups in total. The highest BCUT2D eigenvalue weighted by molar-refractivity contribution is 8.13. The maximum absolute atomic E-state index is 11.0. The van der Waals surface area contributed by atoms with Crippen molar-refractivity contribution in [3.05, 3.63) is 24.3 Å². The molecule has 0 bridgehead atoms. The van der Waals surface area contributed by atoms with E-state index in [1.165, 1.54) is 11.8 Å². The first kappa shape index (κ1) is 18.8. The molecule has 1 aromatic carbocycles. The molecule has 0 aromatic heterocycles. The summed E-state index contributed by atoms with van der Waals surface area (Å²) in [7, 11) is 0. The summed E-state index contributed by atoms with van der Waals surface area (Å²) in [6, 6.07) is 8.26. The number of nitrogens with one attached hydrogen (secondary N) is 1. The van der Waals surface area contributed by atoms with Gasteiger partial charge in [0.25, 0.3) is 0 Å². The third-order valence-corrected chi connectivity index (χ3v) is 3.20. The van der Waals surface area contributed by atoms with Crippen LogP contribution in [0.5, 0.6) is 5.75 Å². The zero-order valence-electron chi connectivity index (χ0n) is 13.5. The van der Waals surface area contributed by atoms with Crippen LogP contribution in [0.2, 0.25) is 0 Å². The van der Waals surface area contributed by atoms with Crippen LogP contribution in [0, 0.1) is 0 Å².